The molecule has 2 aliphatic heterocycles. The molecule has 0 radical (unpaired) electrons. The summed E-state index contributed by atoms with van der Waals surface area (Å²) in [4.78, 5) is 20.1. The second-order valence-electron chi connectivity index (χ2n) is 8.25. The minimum atomic E-state index is 0.143. The van der Waals surface area contributed by atoms with Crippen LogP contribution in [0.4, 0.5) is 5.69 Å². The second-order valence-corrected chi connectivity index (χ2v) is 9.12. The first-order chi connectivity index (χ1) is 14.6. The Bertz CT molecular complexity index is 833. The Labute approximate surface area is 189 Å². The van der Waals surface area contributed by atoms with Crippen molar-refractivity contribution >= 4 is 34.8 Å². The summed E-state index contributed by atoms with van der Waals surface area (Å²) in [5.41, 5.74) is 1.98. The van der Waals surface area contributed by atoms with Crippen LogP contribution >= 0.6 is 23.2 Å². The van der Waals surface area contributed by atoms with Crippen LogP contribution in [0, 0.1) is 0 Å². The molecule has 2 fully saturated rings. The molecule has 160 valence electrons. The van der Waals surface area contributed by atoms with Gasteiger partial charge in [-0.15, -0.1) is 0 Å². The number of amides is 1. The molecule has 1 unspecified atom stereocenters. The fourth-order valence-electron chi connectivity index (χ4n) is 4.54. The third-order valence-electron chi connectivity index (χ3n) is 6.32. The van der Waals surface area contributed by atoms with Gasteiger partial charge >= 0.3 is 0 Å². The topological polar surface area (TPSA) is 26.8 Å². The second kappa shape index (κ2) is 10.0. The van der Waals surface area contributed by atoms with E-state index in [9.17, 15) is 4.79 Å². The van der Waals surface area contributed by atoms with Gasteiger partial charge in [-0.3, -0.25) is 9.69 Å². The largest absolute Gasteiger partial charge is 0.369 e. The summed E-state index contributed by atoms with van der Waals surface area (Å²) < 4.78 is 0. The van der Waals surface area contributed by atoms with Gasteiger partial charge in [0.1, 0.15) is 0 Å². The first-order valence-electron chi connectivity index (χ1n) is 10.9. The van der Waals surface area contributed by atoms with Crippen LogP contribution in [0.15, 0.2) is 48.5 Å². The highest BCUT2D eigenvalue weighted by molar-refractivity contribution is 6.30. The van der Waals surface area contributed by atoms with Crippen LogP contribution in [0.1, 0.15) is 36.0 Å². The maximum atomic E-state index is 13.0. The van der Waals surface area contributed by atoms with E-state index < -0.39 is 0 Å². The summed E-state index contributed by atoms with van der Waals surface area (Å²) in [5, 5.41) is 1.45. The van der Waals surface area contributed by atoms with Gasteiger partial charge in [0.05, 0.1) is 0 Å². The van der Waals surface area contributed by atoms with Gasteiger partial charge in [-0.2, -0.15) is 0 Å². The molecule has 30 heavy (non-hydrogen) atoms. The number of carbonyl (C=O) groups is 1. The summed E-state index contributed by atoms with van der Waals surface area (Å²) in [7, 11) is 0. The van der Waals surface area contributed by atoms with Crippen LogP contribution in [0.3, 0.4) is 0 Å². The lowest BCUT2D eigenvalue weighted by Gasteiger charge is -2.39. The number of rotatable bonds is 5. The quantitative estimate of drug-likeness (QED) is 0.632. The number of likely N-dealkylation sites (tertiary alicyclic amines) is 1. The standard InChI is InChI=1S/C24H29Cl2N3O/c25-20-6-4-19(5-7-20)24(30)29-13-2-1-3-23(29)12-14-27-15-17-28(18-16-27)22-10-8-21(26)9-11-22/h4-11,23H,1-3,12-18H2. The highest BCUT2D eigenvalue weighted by Crippen LogP contribution is 2.24. The number of nitrogens with zero attached hydrogens (tertiary/aromatic N) is 3. The van der Waals surface area contributed by atoms with E-state index in [1.807, 2.05) is 24.3 Å². The minimum Gasteiger partial charge on any atom is -0.369 e. The molecule has 2 saturated heterocycles. The Kier molecular flexibility index (Phi) is 7.19. The van der Waals surface area contributed by atoms with Crippen molar-refractivity contribution in [2.75, 3.05) is 44.2 Å². The molecular formula is C24H29Cl2N3O. The van der Waals surface area contributed by atoms with Gasteiger partial charge in [-0.25, -0.2) is 0 Å². The van der Waals surface area contributed by atoms with E-state index in [-0.39, 0.29) is 5.91 Å². The van der Waals surface area contributed by atoms with Crippen molar-refractivity contribution in [2.24, 2.45) is 0 Å². The van der Waals surface area contributed by atoms with E-state index in [1.54, 1.807) is 12.1 Å². The summed E-state index contributed by atoms with van der Waals surface area (Å²) >= 11 is 12.0. The van der Waals surface area contributed by atoms with E-state index in [0.29, 0.717) is 11.1 Å². The van der Waals surface area contributed by atoms with E-state index in [1.165, 1.54) is 12.1 Å². The summed E-state index contributed by atoms with van der Waals surface area (Å²) in [6.45, 7) is 6.07. The van der Waals surface area contributed by atoms with Gasteiger partial charge in [-0.05, 0) is 74.2 Å². The molecule has 0 aliphatic carbocycles. The van der Waals surface area contributed by atoms with Gasteiger partial charge in [0, 0.05) is 66.6 Å². The molecule has 0 spiro atoms. The van der Waals surface area contributed by atoms with E-state index in [2.05, 4.69) is 26.8 Å². The Hall–Kier alpha value is -1.75. The minimum absolute atomic E-state index is 0.143. The third kappa shape index (κ3) is 5.29. The van der Waals surface area contributed by atoms with Crippen LogP contribution < -0.4 is 4.90 Å². The van der Waals surface area contributed by atoms with Crippen molar-refractivity contribution < 1.29 is 4.79 Å². The maximum Gasteiger partial charge on any atom is 0.254 e. The molecule has 0 N–H and O–H groups in total. The third-order valence-corrected chi connectivity index (χ3v) is 6.83. The van der Waals surface area contributed by atoms with Crippen LogP contribution in [-0.2, 0) is 0 Å². The fourth-order valence-corrected chi connectivity index (χ4v) is 4.79. The molecular weight excluding hydrogens is 417 g/mol. The number of carbonyl (C=O) groups excluding carboxylic acids is 1. The van der Waals surface area contributed by atoms with Crippen molar-refractivity contribution in [1.29, 1.82) is 0 Å². The number of halogens is 2. The van der Waals surface area contributed by atoms with Crippen molar-refractivity contribution in [2.45, 2.75) is 31.7 Å². The first-order valence-corrected chi connectivity index (χ1v) is 11.7. The number of piperidine rings is 1. The summed E-state index contributed by atoms with van der Waals surface area (Å²) in [6.07, 6.45) is 4.44. The molecule has 0 saturated carbocycles. The zero-order valence-corrected chi connectivity index (χ0v) is 18.8. The molecule has 4 rings (SSSR count). The number of hydrogen-bond acceptors (Lipinski definition) is 3. The number of piperazine rings is 1. The summed E-state index contributed by atoms with van der Waals surface area (Å²) in [5.74, 6) is 0.143. The zero-order valence-electron chi connectivity index (χ0n) is 17.3. The van der Waals surface area contributed by atoms with E-state index >= 15 is 0 Å². The summed E-state index contributed by atoms with van der Waals surface area (Å²) in [6, 6.07) is 15.7. The molecule has 2 aliphatic rings. The van der Waals surface area contributed by atoms with Gasteiger partial charge < -0.3 is 9.80 Å². The maximum absolute atomic E-state index is 13.0. The zero-order chi connectivity index (χ0) is 20.9. The molecule has 2 heterocycles. The molecule has 6 heteroatoms. The smallest absolute Gasteiger partial charge is 0.254 e. The Morgan fingerprint density at radius 2 is 1.47 bits per heavy atom. The average molecular weight is 446 g/mol. The monoisotopic (exact) mass is 445 g/mol. The molecule has 0 aromatic heterocycles. The van der Waals surface area contributed by atoms with Crippen LogP contribution in [0.5, 0.6) is 0 Å². The number of benzene rings is 2. The Morgan fingerprint density at radius 1 is 0.833 bits per heavy atom. The predicted octanol–water partition coefficient (Wildman–Crippen LogP) is 5.20. The molecule has 1 atom stereocenters. The number of hydrogen-bond donors (Lipinski definition) is 0. The van der Waals surface area contributed by atoms with Crippen LogP contribution in [0.2, 0.25) is 10.0 Å². The lowest BCUT2D eigenvalue weighted by Crippen LogP contribution is -2.49. The van der Waals surface area contributed by atoms with Gasteiger partial charge in [0.25, 0.3) is 5.91 Å². The van der Waals surface area contributed by atoms with Crippen molar-refractivity contribution in [3.8, 4) is 0 Å². The molecule has 2 aromatic carbocycles. The fraction of sp³-hybridized carbons (Fsp3) is 0.458. The molecule has 0 bridgehead atoms. The first kappa shape index (κ1) is 21.5. The van der Waals surface area contributed by atoms with Gasteiger partial charge in [0.15, 0.2) is 0 Å². The van der Waals surface area contributed by atoms with Crippen LogP contribution in [-0.4, -0.2) is 61.0 Å². The van der Waals surface area contributed by atoms with Crippen molar-refractivity contribution in [1.82, 2.24) is 9.80 Å². The molecule has 2 aromatic rings. The highest BCUT2D eigenvalue weighted by atomic mass is 35.5. The van der Waals surface area contributed by atoms with Gasteiger partial charge in [0.2, 0.25) is 0 Å². The van der Waals surface area contributed by atoms with Crippen LogP contribution in [0.25, 0.3) is 0 Å². The van der Waals surface area contributed by atoms with Crippen molar-refractivity contribution in [3.63, 3.8) is 0 Å². The lowest BCUT2D eigenvalue weighted by atomic mass is 9.97. The molecule has 1 amide bonds. The predicted molar refractivity (Wildman–Crippen MR) is 125 cm³/mol. The lowest BCUT2D eigenvalue weighted by molar-refractivity contribution is 0.0582. The highest BCUT2D eigenvalue weighted by Gasteiger charge is 2.28. The Balaban J connectivity index is 1.29. The SMILES string of the molecule is O=C(c1ccc(Cl)cc1)N1CCCCC1CCN1CCN(c2ccc(Cl)cc2)CC1. The average Bonchev–Trinajstić information content (AvgIpc) is 2.79. The van der Waals surface area contributed by atoms with E-state index in [0.717, 1.165) is 69.1 Å². The Morgan fingerprint density at radius 3 is 2.13 bits per heavy atom. The van der Waals surface area contributed by atoms with Crippen molar-refractivity contribution in [3.05, 3.63) is 64.1 Å². The number of anilines is 1. The molecule has 4 nitrogen and oxygen atoms in total. The normalized spacial score (nSPS) is 20.4. The van der Waals surface area contributed by atoms with Gasteiger partial charge in [-0.1, -0.05) is 23.2 Å². The van der Waals surface area contributed by atoms with E-state index in [4.69, 9.17) is 23.2 Å².